The lowest BCUT2D eigenvalue weighted by Gasteiger charge is -2.06. The Morgan fingerprint density at radius 1 is 1.35 bits per heavy atom. The second-order valence-electron chi connectivity index (χ2n) is 3.75. The Bertz CT molecular complexity index is 564. The SMILES string of the molecule is COc1c(C)nn(-c2ccc(O)c(Cl)c2)c1C. The third-order valence-corrected chi connectivity index (χ3v) is 2.91. The number of ether oxygens (including phenoxy) is 1. The molecule has 0 aliphatic heterocycles. The Kier molecular flexibility index (Phi) is 2.98. The fraction of sp³-hybridized carbons (Fsp3) is 0.250. The van der Waals surface area contributed by atoms with Crippen molar-refractivity contribution >= 4 is 11.6 Å². The summed E-state index contributed by atoms with van der Waals surface area (Å²) in [5.41, 5.74) is 2.50. The number of benzene rings is 1. The maximum Gasteiger partial charge on any atom is 0.163 e. The molecular weight excluding hydrogens is 240 g/mol. The Morgan fingerprint density at radius 2 is 2.06 bits per heavy atom. The minimum absolute atomic E-state index is 0.0592. The van der Waals surface area contributed by atoms with Gasteiger partial charge in [-0.3, -0.25) is 0 Å². The molecule has 0 aliphatic rings. The van der Waals surface area contributed by atoms with Crippen LogP contribution in [-0.4, -0.2) is 22.0 Å². The molecule has 2 rings (SSSR count). The summed E-state index contributed by atoms with van der Waals surface area (Å²) < 4.78 is 7.00. The molecule has 0 bridgehead atoms. The van der Waals surface area contributed by atoms with E-state index < -0.39 is 0 Å². The number of phenolic OH excluding ortho intramolecular Hbond substituents is 1. The minimum Gasteiger partial charge on any atom is -0.506 e. The molecule has 5 heteroatoms. The highest BCUT2D eigenvalue weighted by Gasteiger charge is 2.13. The first-order chi connectivity index (χ1) is 8.04. The van der Waals surface area contributed by atoms with Crippen molar-refractivity contribution in [2.75, 3.05) is 7.11 Å². The normalized spacial score (nSPS) is 10.6. The number of hydrogen-bond acceptors (Lipinski definition) is 3. The quantitative estimate of drug-likeness (QED) is 0.894. The molecule has 1 N–H and O–H groups in total. The fourth-order valence-electron chi connectivity index (χ4n) is 1.80. The van der Waals surface area contributed by atoms with E-state index in [1.165, 1.54) is 0 Å². The van der Waals surface area contributed by atoms with Gasteiger partial charge in [-0.05, 0) is 32.0 Å². The Balaban J connectivity index is 2.57. The van der Waals surface area contributed by atoms with E-state index >= 15 is 0 Å². The molecular formula is C12H13ClN2O2. The van der Waals surface area contributed by atoms with Crippen LogP contribution in [0.15, 0.2) is 18.2 Å². The number of nitrogens with zero attached hydrogens (tertiary/aromatic N) is 2. The lowest BCUT2D eigenvalue weighted by Crippen LogP contribution is -1.99. The van der Waals surface area contributed by atoms with Crippen molar-refractivity contribution in [2.45, 2.75) is 13.8 Å². The van der Waals surface area contributed by atoms with Gasteiger partial charge in [0.1, 0.15) is 11.4 Å². The van der Waals surface area contributed by atoms with E-state index in [0.717, 1.165) is 22.8 Å². The number of hydrogen-bond donors (Lipinski definition) is 1. The van der Waals surface area contributed by atoms with Crippen molar-refractivity contribution in [3.8, 4) is 17.2 Å². The first-order valence-corrected chi connectivity index (χ1v) is 5.51. The largest absolute Gasteiger partial charge is 0.506 e. The zero-order valence-corrected chi connectivity index (χ0v) is 10.6. The van der Waals surface area contributed by atoms with Crippen LogP contribution in [0.2, 0.25) is 5.02 Å². The summed E-state index contributed by atoms with van der Waals surface area (Å²) in [7, 11) is 1.62. The number of methoxy groups -OCH3 is 1. The Labute approximate surface area is 104 Å². The summed E-state index contributed by atoms with van der Waals surface area (Å²) in [4.78, 5) is 0. The maximum atomic E-state index is 9.38. The van der Waals surface area contributed by atoms with E-state index in [-0.39, 0.29) is 5.75 Å². The number of rotatable bonds is 2. The third-order valence-electron chi connectivity index (χ3n) is 2.60. The van der Waals surface area contributed by atoms with Crippen LogP contribution in [0.4, 0.5) is 0 Å². The lowest BCUT2D eigenvalue weighted by atomic mass is 10.3. The number of phenols is 1. The van der Waals surface area contributed by atoms with Gasteiger partial charge in [-0.15, -0.1) is 0 Å². The summed E-state index contributed by atoms with van der Waals surface area (Å²) in [6, 6.07) is 4.95. The highest BCUT2D eigenvalue weighted by Crippen LogP contribution is 2.29. The van der Waals surface area contributed by atoms with Crippen LogP contribution < -0.4 is 4.74 Å². The highest BCUT2D eigenvalue weighted by molar-refractivity contribution is 6.32. The van der Waals surface area contributed by atoms with Crippen molar-refractivity contribution in [3.05, 3.63) is 34.6 Å². The van der Waals surface area contributed by atoms with Gasteiger partial charge in [0.05, 0.1) is 23.5 Å². The van der Waals surface area contributed by atoms with Crippen molar-refractivity contribution in [2.24, 2.45) is 0 Å². The van der Waals surface area contributed by atoms with Crippen LogP contribution in [0.5, 0.6) is 11.5 Å². The molecule has 0 saturated carbocycles. The maximum absolute atomic E-state index is 9.38. The van der Waals surface area contributed by atoms with Crippen molar-refractivity contribution in [1.82, 2.24) is 9.78 Å². The van der Waals surface area contributed by atoms with Crippen LogP contribution in [-0.2, 0) is 0 Å². The van der Waals surface area contributed by atoms with Crippen LogP contribution in [0.3, 0.4) is 0 Å². The summed E-state index contributed by atoms with van der Waals surface area (Å²) in [6.45, 7) is 3.80. The van der Waals surface area contributed by atoms with E-state index in [9.17, 15) is 5.11 Å². The topological polar surface area (TPSA) is 47.3 Å². The van der Waals surface area contributed by atoms with E-state index in [1.54, 1.807) is 30.0 Å². The predicted molar refractivity (Wildman–Crippen MR) is 66.3 cm³/mol. The van der Waals surface area contributed by atoms with Gasteiger partial charge < -0.3 is 9.84 Å². The van der Waals surface area contributed by atoms with Crippen LogP contribution in [0.1, 0.15) is 11.4 Å². The van der Waals surface area contributed by atoms with E-state index in [1.807, 2.05) is 13.8 Å². The van der Waals surface area contributed by atoms with Crippen molar-refractivity contribution in [1.29, 1.82) is 0 Å². The zero-order valence-electron chi connectivity index (χ0n) is 9.86. The molecule has 0 unspecified atom stereocenters. The second-order valence-corrected chi connectivity index (χ2v) is 4.16. The lowest BCUT2D eigenvalue weighted by molar-refractivity contribution is 0.408. The molecule has 2 aromatic rings. The van der Waals surface area contributed by atoms with Gasteiger partial charge in [-0.2, -0.15) is 5.10 Å². The van der Waals surface area contributed by atoms with Crippen molar-refractivity contribution in [3.63, 3.8) is 0 Å². The smallest absolute Gasteiger partial charge is 0.163 e. The van der Waals surface area contributed by atoms with Gasteiger partial charge >= 0.3 is 0 Å². The molecule has 0 radical (unpaired) electrons. The van der Waals surface area contributed by atoms with Crippen LogP contribution >= 0.6 is 11.6 Å². The molecule has 1 heterocycles. The fourth-order valence-corrected chi connectivity index (χ4v) is 1.98. The van der Waals surface area contributed by atoms with Crippen molar-refractivity contribution < 1.29 is 9.84 Å². The van der Waals surface area contributed by atoms with Gasteiger partial charge in [0, 0.05) is 0 Å². The molecule has 1 aromatic heterocycles. The van der Waals surface area contributed by atoms with E-state index in [2.05, 4.69) is 5.10 Å². The highest BCUT2D eigenvalue weighted by atomic mass is 35.5. The molecule has 0 spiro atoms. The molecule has 4 nitrogen and oxygen atoms in total. The van der Waals surface area contributed by atoms with Gasteiger partial charge in [-0.1, -0.05) is 11.6 Å². The van der Waals surface area contributed by atoms with Crippen LogP contribution in [0.25, 0.3) is 5.69 Å². The van der Waals surface area contributed by atoms with Gasteiger partial charge in [0.15, 0.2) is 5.75 Å². The average Bonchev–Trinajstić information content (AvgIpc) is 2.58. The third kappa shape index (κ3) is 1.96. The van der Waals surface area contributed by atoms with E-state index in [4.69, 9.17) is 16.3 Å². The first-order valence-electron chi connectivity index (χ1n) is 5.13. The Hall–Kier alpha value is -1.68. The number of aromatic nitrogens is 2. The summed E-state index contributed by atoms with van der Waals surface area (Å²) in [5.74, 6) is 0.818. The summed E-state index contributed by atoms with van der Waals surface area (Å²) in [6.07, 6.45) is 0. The molecule has 1 aromatic carbocycles. The number of halogens is 1. The van der Waals surface area contributed by atoms with E-state index in [0.29, 0.717) is 5.02 Å². The number of aryl methyl sites for hydroxylation is 1. The molecule has 0 atom stereocenters. The standard InChI is InChI=1S/C12H13ClN2O2/c1-7-12(17-3)8(2)15(14-7)9-4-5-11(16)10(13)6-9/h4-6,16H,1-3H3. The molecule has 0 saturated heterocycles. The predicted octanol–water partition coefficient (Wildman–Crippen LogP) is 2.86. The second kappa shape index (κ2) is 4.30. The van der Waals surface area contributed by atoms with Gasteiger partial charge in [0.25, 0.3) is 0 Å². The first kappa shape index (κ1) is 11.8. The summed E-state index contributed by atoms with van der Waals surface area (Å²) in [5, 5.41) is 14.1. The minimum atomic E-state index is 0.0592. The molecule has 90 valence electrons. The zero-order chi connectivity index (χ0) is 12.6. The molecule has 0 aliphatic carbocycles. The Morgan fingerprint density at radius 3 is 2.59 bits per heavy atom. The van der Waals surface area contributed by atoms with Crippen LogP contribution in [0, 0.1) is 13.8 Å². The molecule has 17 heavy (non-hydrogen) atoms. The van der Waals surface area contributed by atoms with Gasteiger partial charge in [0.2, 0.25) is 0 Å². The number of aromatic hydroxyl groups is 1. The molecule has 0 amide bonds. The van der Waals surface area contributed by atoms with Gasteiger partial charge in [-0.25, -0.2) is 4.68 Å². The monoisotopic (exact) mass is 252 g/mol. The average molecular weight is 253 g/mol. The summed E-state index contributed by atoms with van der Waals surface area (Å²) >= 11 is 5.87. The molecule has 0 fully saturated rings.